The van der Waals surface area contributed by atoms with E-state index >= 15 is 0 Å². The molecule has 6 rings (SSSR count). The molecule has 1 aliphatic heterocycles. The summed E-state index contributed by atoms with van der Waals surface area (Å²) in [4.78, 5) is 17.6. The van der Waals surface area contributed by atoms with Gasteiger partial charge in [-0.05, 0) is 52.6 Å². The second-order valence-electron chi connectivity index (χ2n) is 7.96. The minimum Gasteiger partial charge on any atom is -0.464 e. The Balaban J connectivity index is 1.23. The van der Waals surface area contributed by atoms with Crippen LogP contribution in [-0.4, -0.2) is 15.9 Å². The molecule has 2 amide bonds. The quantitative estimate of drug-likeness (QED) is 0.310. The number of anilines is 1. The van der Waals surface area contributed by atoms with Gasteiger partial charge in [0.1, 0.15) is 11.4 Å². The monoisotopic (exact) mass is 445 g/mol. The van der Waals surface area contributed by atoms with Crippen LogP contribution in [0.3, 0.4) is 0 Å². The van der Waals surface area contributed by atoms with E-state index in [1.54, 1.807) is 17.4 Å². The fraction of sp³-hybridized carbons (Fsp3) is 0.0800. The molecule has 0 spiro atoms. The Morgan fingerprint density at radius 1 is 1.03 bits per heavy atom. The van der Waals surface area contributed by atoms with E-state index in [0.717, 1.165) is 33.2 Å². The van der Waals surface area contributed by atoms with Gasteiger partial charge in [0, 0.05) is 30.1 Å². The third kappa shape index (κ3) is 3.11. The van der Waals surface area contributed by atoms with Crippen LogP contribution in [-0.2, 0) is 13.1 Å². The van der Waals surface area contributed by atoms with Crippen molar-refractivity contribution in [3.63, 3.8) is 0 Å². The molecule has 3 heterocycles. The average Bonchev–Trinajstić information content (AvgIpc) is 3.52. The van der Waals surface area contributed by atoms with Crippen molar-refractivity contribution < 1.29 is 13.6 Å². The molecule has 158 valence electrons. The lowest BCUT2D eigenvalue weighted by molar-refractivity contribution is 0.212. The first-order valence-corrected chi connectivity index (χ1v) is 10.5. The van der Waals surface area contributed by atoms with E-state index in [-0.39, 0.29) is 11.1 Å². The Morgan fingerprint density at radius 2 is 1.84 bits per heavy atom. The molecule has 2 aromatic heterocycles. The minimum atomic E-state index is -0.504. The number of benzene rings is 3. The fourth-order valence-corrected chi connectivity index (χ4v) is 4.43. The van der Waals surface area contributed by atoms with Crippen molar-refractivity contribution in [3.8, 4) is 11.1 Å². The van der Waals surface area contributed by atoms with E-state index < -0.39 is 5.82 Å². The van der Waals surface area contributed by atoms with Crippen molar-refractivity contribution in [2.75, 3.05) is 5.32 Å². The molecule has 0 saturated carbocycles. The van der Waals surface area contributed by atoms with Gasteiger partial charge in [0.15, 0.2) is 0 Å². The van der Waals surface area contributed by atoms with E-state index in [1.807, 2.05) is 18.2 Å². The largest absolute Gasteiger partial charge is 0.464 e. The van der Waals surface area contributed by atoms with Gasteiger partial charge in [0.05, 0.1) is 22.5 Å². The van der Waals surface area contributed by atoms with E-state index in [4.69, 9.17) is 16.0 Å². The maximum atomic E-state index is 13.7. The van der Waals surface area contributed by atoms with Gasteiger partial charge < -0.3 is 19.6 Å². The number of urea groups is 1. The SMILES string of the molecule is O=C(Nc1c[nH]c2cc(F)c(Cl)cc12)N1Cc2ccc(-c3ccc4ccoc4c3)cc2C1. The highest BCUT2D eigenvalue weighted by Gasteiger charge is 2.24. The Morgan fingerprint density at radius 3 is 2.75 bits per heavy atom. The van der Waals surface area contributed by atoms with E-state index in [9.17, 15) is 9.18 Å². The van der Waals surface area contributed by atoms with Crippen molar-refractivity contribution in [1.29, 1.82) is 0 Å². The number of hydrogen-bond donors (Lipinski definition) is 2. The number of halogens is 2. The lowest BCUT2D eigenvalue weighted by Crippen LogP contribution is -2.30. The number of fused-ring (bicyclic) bond motifs is 3. The highest BCUT2D eigenvalue weighted by atomic mass is 35.5. The van der Waals surface area contributed by atoms with Crippen LogP contribution >= 0.6 is 11.6 Å². The van der Waals surface area contributed by atoms with E-state index in [0.29, 0.717) is 29.7 Å². The Labute approximate surface area is 187 Å². The van der Waals surface area contributed by atoms with Crippen molar-refractivity contribution >= 4 is 45.2 Å². The van der Waals surface area contributed by atoms with Crippen LogP contribution in [0.2, 0.25) is 5.02 Å². The number of nitrogens with zero attached hydrogens (tertiary/aromatic N) is 1. The molecule has 0 unspecified atom stereocenters. The summed E-state index contributed by atoms with van der Waals surface area (Å²) in [5.41, 5.74) is 6.37. The number of hydrogen-bond acceptors (Lipinski definition) is 2. The highest BCUT2D eigenvalue weighted by molar-refractivity contribution is 6.31. The summed E-state index contributed by atoms with van der Waals surface area (Å²) in [6, 6.07) is 17.0. The number of carbonyl (C=O) groups excluding carboxylic acids is 1. The summed E-state index contributed by atoms with van der Waals surface area (Å²) in [5, 5.41) is 4.66. The maximum Gasteiger partial charge on any atom is 0.322 e. The molecular formula is C25H17ClFN3O2. The molecule has 5 aromatic rings. The zero-order valence-electron chi connectivity index (χ0n) is 16.8. The maximum absolute atomic E-state index is 13.7. The molecule has 0 aliphatic carbocycles. The number of nitrogens with one attached hydrogen (secondary N) is 2. The molecule has 2 N–H and O–H groups in total. The molecule has 0 bridgehead atoms. The summed E-state index contributed by atoms with van der Waals surface area (Å²) in [5.74, 6) is -0.504. The fourth-order valence-electron chi connectivity index (χ4n) is 4.27. The molecule has 3 aromatic carbocycles. The number of aromatic amines is 1. The summed E-state index contributed by atoms with van der Waals surface area (Å²) in [6.45, 7) is 1.03. The van der Waals surface area contributed by atoms with Crippen LogP contribution in [0.5, 0.6) is 0 Å². The second-order valence-corrected chi connectivity index (χ2v) is 8.36. The molecule has 0 saturated heterocycles. The summed E-state index contributed by atoms with van der Waals surface area (Å²) >= 11 is 5.91. The minimum absolute atomic E-state index is 0.0152. The Bertz CT molecular complexity index is 1520. The summed E-state index contributed by atoms with van der Waals surface area (Å²) in [6.07, 6.45) is 3.33. The average molecular weight is 446 g/mol. The van der Waals surface area contributed by atoms with Gasteiger partial charge in [-0.2, -0.15) is 0 Å². The number of aromatic nitrogens is 1. The first kappa shape index (κ1) is 19.0. The van der Waals surface area contributed by atoms with Crippen LogP contribution in [0.15, 0.2) is 71.5 Å². The first-order chi connectivity index (χ1) is 15.5. The van der Waals surface area contributed by atoms with Crippen molar-refractivity contribution in [3.05, 3.63) is 89.0 Å². The Kier molecular flexibility index (Phi) is 4.23. The van der Waals surface area contributed by atoms with Crippen molar-refractivity contribution in [2.45, 2.75) is 13.1 Å². The predicted molar refractivity (Wildman–Crippen MR) is 123 cm³/mol. The third-order valence-electron chi connectivity index (χ3n) is 5.97. The van der Waals surface area contributed by atoms with Gasteiger partial charge >= 0.3 is 6.03 Å². The molecule has 32 heavy (non-hydrogen) atoms. The van der Waals surface area contributed by atoms with Crippen LogP contribution in [0.25, 0.3) is 33.0 Å². The normalized spacial score (nSPS) is 13.1. The lowest BCUT2D eigenvalue weighted by Gasteiger charge is -2.16. The van der Waals surface area contributed by atoms with Gasteiger partial charge in [-0.3, -0.25) is 0 Å². The zero-order chi connectivity index (χ0) is 21.8. The van der Waals surface area contributed by atoms with Gasteiger partial charge in [-0.15, -0.1) is 0 Å². The number of carbonyl (C=O) groups is 1. The zero-order valence-corrected chi connectivity index (χ0v) is 17.5. The molecular weight excluding hydrogens is 429 g/mol. The van der Waals surface area contributed by atoms with Crippen LogP contribution < -0.4 is 5.32 Å². The molecule has 0 radical (unpaired) electrons. The van der Waals surface area contributed by atoms with Gasteiger partial charge in [-0.1, -0.05) is 35.9 Å². The molecule has 0 fully saturated rings. The molecule has 1 aliphatic rings. The van der Waals surface area contributed by atoms with Gasteiger partial charge in [0.2, 0.25) is 0 Å². The number of H-pyrrole nitrogens is 1. The third-order valence-corrected chi connectivity index (χ3v) is 6.26. The summed E-state index contributed by atoms with van der Waals surface area (Å²) in [7, 11) is 0. The molecule has 7 heteroatoms. The van der Waals surface area contributed by atoms with E-state index in [1.165, 1.54) is 12.1 Å². The van der Waals surface area contributed by atoms with Crippen LogP contribution in [0.1, 0.15) is 11.1 Å². The number of rotatable bonds is 2. The van der Waals surface area contributed by atoms with Gasteiger partial charge in [-0.25, -0.2) is 9.18 Å². The second kappa shape index (κ2) is 7.14. The topological polar surface area (TPSA) is 61.3 Å². The number of furan rings is 1. The van der Waals surface area contributed by atoms with Crippen LogP contribution in [0, 0.1) is 5.82 Å². The number of amides is 2. The molecule has 0 atom stereocenters. The van der Waals surface area contributed by atoms with E-state index in [2.05, 4.69) is 34.6 Å². The van der Waals surface area contributed by atoms with Gasteiger partial charge in [0.25, 0.3) is 0 Å². The first-order valence-electron chi connectivity index (χ1n) is 10.2. The van der Waals surface area contributed by atoms with Crippen LogP contribution in [0.4, 0.5) is 14.9 Å². The standard InChI is InChI=1S/C25H17ClFN3O2/c26-20-9-19-22(10-21(20)27)28-11-23(19)29-25(31)30-12-17-4-3-15(7-18(17)13-30)16-2-1-14-5-6-32-24(14)8-16/h1-11,28H,12-13H2,(H,29,31). The predicted octanol–water partition coefficient (Wildman–Crippen LogP) is 6.92. The van der Waals surface area contributed by atoms with Crippen molar-refractivity contribution in [2.24, 2.45) is 0 Å². The Hall–Kier alpha value is -3.77. The smallest absolute Gasteiger partial charge is 0.322 e. The summed E-state index contributed by atoms with van der Waals surface area (Å²) < 4.78 is 19.2. The highest BCUT2D eigenvalue weighted by Crippen LogP contribution is 2.32. The lowest BCUT2D eigenvalue weighted by atomic mass is 10.00. The van der Waals surface area contributed by atoms with Crippen molar-refractivity contribution in [1.82, 2.24) is 9.88 Å². The molecule has 5 nitrogen and oxygen atoms in total.